The Morgan fingerprint density at radius 3 is 2.89 bits per heavy atom. The number of halogens is 1. The predicted molar refractivity (Wildman–Crippen MR) is 70.1 cm³/mol. The van der Waals surface area contributed by atoms with Crippen molar-refractivity contribution in [3.05, 3.63) is 47.5 Å². The van der Waals surface area contributed by atoms with Gasteiger partial charge in [-0.25, -0.2) is 9.07 Å². The minimum absolute atomic E-state index is 0.228. The van der Waals surface area contributed by atoms with E-state index < -0.39 is 0 Å². The van der Waals surface area contributed by atoms with Crippen molar-refractivity contribution in [2.45, 2.75) is 38.8 Å². The monoisotopic (exact) mass is 263 g/mol. The lowest BCUT2D eigenvalue weighted by Crippen LogP contribution is -2.02. The van der Waals surface area contributed by atoms with Crippen LogP contribution in [0.1, 0.15) is 31.0 Å². The second kappa shape index (κ2) is 6.43. The molecule has 1 heterocycles. The fourth-order valence-corrected chi connectivity index (χ4v) is 1.91. The van der Waals surface area contributed by atoms with Gasteiger partial charge in [-0.15, -0.1) is 5.10 Å². The second-order valence-electron chi connectivity index (χ2n) is 4.74. The molecule has 0 aliphatic carbocycles. The smallest absolute Gasteiger partial charge is 0.128 e. The number of aryl methyl sites for hydroxylation is 1. The summed E-state index contributed by atoms with van der Waals surface area (Å²) in [4.78, 5) is 0. The molecule has 19 heavy (non-hydrogen) atoms. The van der Waals surface area contributed by atoms with E-state index in [0.29, 0.717) is 12.1 Å². The van der Waals surface area contributed by atoms with Crippen LogP contribution < -0.4 is 0 Å². The molecule has 0 bridgehead atoms. The fraction of sp³-hybridized carbons (Fsp3) is 0.429. The number of hydrogen-bond donors (Lipinski definition) is 1. The van der Waals surface area contributed by atoms with Gasteiger partial charge >= 0.3 is 0 Å². The number of aliphatic hydroxyl groups excluding tert-OH is 1. The first-order valence-electron chi connectivity index (χ1n) is 6.45. The number of rotatable bonds is 6. The van der Waals surface area contributed by atoms with E-state index in [-0.39, 0.29) is 11.9 Å². The lowest BCUT2D eigenvalue weighted by atomic mass is 10.1. The van der Waals surface area contributed by atoms with Crippen LogP contribution >= 0.6 is 0 Å². The minimum atomic E-state index is -0.284. The van der Waals surface area contributed by atoms with E-state index >= 15 is 0 Å². The van der Waals surface area contributed by atoms with E-state index in [1.54, 1.807) is 29.8 Å². The maximum atomic E-state index is 13.5. The van der Waals surface area contributed by atoms with Crippen LogP contribution in [0.15, 0.2) is 30.5 Å². The largest absolute Gasteiger partial charge is 0.393 e. The predicted octanol–water partition coefficient (Wildman–Crippen LogP) is 2.17. The summed E-state index contributed by atoms with van der Waals surface area (Å²) in [5.41, 5.74) is 1.47. The maximum Gasteiger partial charge on any atom is 0.128 e. The van der Waals surface area contributed by atoms with Gasteiger partial charge in [0.05, 0.1) is 18.3 Å². The highest BCUT2D eigenvalue weighted by Gasteiger charge is 2.05. The minimum Gasteiger partial charge on any atom is -0.393 e. The standard InChI is InChI=1S/C14H18FN3O/c1-11(19)5-4-7-13-10-18(17-16-13)9-12-6-2-3-8-14(12)15/h2-3,6,8,10-11,19H,4-5,7,9H2,1H3/t11-/m1/s1. The maximum absolute atomic E-state index is 13.5. The van der Waals surface area contributed by atoms with E-state index in [9.17, 15) is 9.50 Å². The highest BCUT2D eigenvalue weighted by atomic mass is 19.1. The van der Waals surface area contributed by atoms with Gasteiger partial charge in [-0.2, -0.15) is 0 Å². The molecule has 0 fully saturated rings. The number of aliphatic hydroxyl groups is 1. The Balaban J connectivity index is 1.92. The molecule has 0 saturated carbocycles. The molecule has 0 radical (unpaired) electrons. The molecule has 0 aliphatic heterocycles. The van der Waals surface area contributed by atoms with Crippen molar-refractivity contribution < 1.29 is 9.50 Å². The van der Waals surface area contributed by atoms with Crippen molar-refractivity contribution >= 4 is 0 Å². The Labute approximate surface area is 111 Å². The third kappa shape index (κ3) is 4.13. The van der Waals surface area contributed by atoms with E-state index in [1.807, 2.05) is 6.20 Å². The molecule has 1 N–H and O–H groups in total. The van der Waals surface area contributed by atoms with Crippen molar-refractivity contribution in [1.82, 2.24) is 15.0 Å². The summed E-state index contributed by atoms with van der Waals surface area (Å²) in [7, 11) is 0. The van der Waals surface area contributed by atoms with Crippen LogP contribution in [0.25, 0.3) is 0 Å². The Morgan fingerprint density at radius 2 is 2.16 bits per heavy atom. The third-order valence-electron chi connectivity index (χ3n) is 2.93. The first-order valence-corrected chi connectivity index (χ1v) is 6.45. The topological polar surface area (TPSA) is 50.9 Å². The molecule has 0 unspecified atom stereocenters. The van der Waals surface area contributed by atoms with Crippen LogP contribution in [0.5, 0.6) is 0 Å². The molecule has 5 heteroatoms. The van der Waals surface area contributed by atoms with Gasteiger partial charge in [-0.1, -0.05) is 23.4 Å². The van der Waals surface area contributed by atoms with Gasteiger partial charge in [0.2, 0.25) is 0 Å². The molecule has 4 nitrogen and oxygen atoms in total. The van der Waals surface area contributed by atoms with Crippen LogP contribution in [-0.4, -0.2) is 26.2 Å². The number of aromatic nitrogens is 3. The molecule has 0 amide bonds. The quantitative estimate of drug-likeness (QED) is 0.869. The highest BCUT2D eigenvalue weighted by Crippen LogP contribution is 2.09. The van der Waals surface area contributed by atoms with Crippen LogP contribution in [0.2, 0.25) is 0 Å². The summed E-state index contributed by atoms with van der Waals surface area (Å²) < 4.78 is 15.1. The van der Waals surface area contributed by atoms with Gasteiger partial charge in [0.15, 0.2) is 0 Å². The molecule has 2 rings (SSSR count). The SMILES string of the molecule is C[C@@H](O)CCCc1cn(Cc2ccccc2F)nn1. The zero-order chi connectivity index (χ0) is 13.7. The van der Waals surface area contributed by atoms with Crippen LogP contribution in [0, 0.1) is 5.82 Å². The first-order chi connectivity index (χ1) is 9.15. The second-order valence-corrected chi connectivity index (χ2v) is 4.74. The van der Waals surface area contributed by atoms with Gasteiger partial charge in [0.25, 0.3) is 0 Å². The average Bonchev–Trinajstić information content (AvgIpc) is 2.79. The number of benzene rings is 1. The lowest BCUT2D eigenvalue weighted by molar-refractivity contribution is 0.181. The molecule has 0 aliphatic rings. The van der Waals surface area contributed by atoms with Crippen molar-refractivity contribution in [3.8, 4) is 0 Å². The molecule has 102 valence electrons. The van der Waals surface area contributed by atoms with Gasteiger partial charge < -0.3 is 5.11 Å². The van der Waals surface area contributed by atoms with E-state index in [0.717, 1.165) is 25.0 Å². The Hall–Kier alpha value is -1.75. The first kappa shape index (κ1) is 13.7. The van der Waals surface area contributed by atoms with Crippen molar-refractivity contribution in [2.24, 2.45) is 0 Å². The van der Waals surface area contributed by atoms with Gasteiger partial charge in [-0.3, -0.25) is 0 Å². The Kier molecular flexibility index (Phi) is 4.63. The summed E-state index contributed by atoms with van der Waals surface area (Å²) in [6.45, 7) is 2.16. The van der Waals surface area contributed by atoms with Crippen molar-refractivity contribution in [3.63, 3.8) is 0 Å². The van der Waals surface area contributed by atoms with E-state index in [2.05, 4.69) is 10.3 Å². The van der Waals surface area contributed by atoms with E-state index in [4.69, 9.17) is 0 Å². The molecule has 0 saturated heterocycles. The Morgan fingerprint density at radius 1 is 1.37 bits per heavy atom. The molecule has 1 aromatic heterocycles. The van der Waals surface area contributed by atoms with Gasteiger partial charge in [0.1, 0.15) is 5.82 Å². The zero-order valence-electron chi connectivity index (χ0n) is 11.0. The third-order valence-corrected chi connectivity index (χ3v) is 2.93. The Bertz CT molecular complexity index is 525. The molecule has 1 atom stereocenters. The highest BCUT2D eigenvalue weighted by molar-refractivity contribution is 5.17. The summed E-state index contributed by atoms with van der Waals surface area (Å²) in [5.74, 6) is -0.228. The van der Waals surface area contributed by atoms with Crippen molar-refractivity contribution in [1.29, 1.82) is 0 Å². The van der Waals surface area contributed by atoms with Gasteiger partial charge in [-0.05, 0) is 32.3 Å². The van der Waals surface area contributed by atoms with Crippen molar-refractivity contribution in [2.75, 3.05) is 0 Å². The molecule has 0 spiro atoms. The summed E-state index contributed by atoms with van der Waals surface area (Å²) in [6, 6.07) is 6.65. The van der Waals surface area contributed by atoms with Crippen LogP contribution in [0.4, 0.5) is 4.39 Å². The lowest BCUT2D eigenvalue weighted by Gasteiger charge is -2.02. The molecular formula is C14H18FN3O. The van der Waals surface area contributed by atoms with E-state index in [1.165, 1.54) is 6.07 Å². The summed E-state index contributed by atoms with van der Waals surface area (Å²) in [5, 5.41) is 17.2. The molecule has 2 aromatic rings. The van der Waals surface area contributed by atoms with Gasteiger partial charge in [0, 0.05) is 11.8 Å². The summed E-state index contributed by atoms with van der Waals surface area (Å²) >= 11 is 0. The van der Waals surface area contributed by atoms with Crippen LogP contribution in [-0.2, 0) is 13.0 Å². The van der Waals surface area contributed by atoms with Crippen LogP contribution in [0.3, 0.4) is 0 Å². The normalized spacial score (nSPS) is 12.6. The zero-order valence-corrected chi connectivity index (χ0v) is 11.0. The molecular weight excluding hydrogens is 245 g/mol. The number of nitrogens with zero attached hydrogens (tertiary/aromatic N) is 3. The fourth-order valence-electron chi connectivity index (χ4n) is 1.91. The summed E-state index contributed by atoms with van der Waals surface area (Å²) in [6.07, 6.45) is 3.95. The number of hydrogen-bond acceptors (Lipinski definition) is 3. The average molecular weight is 263 g/mol. The molecule has 1 aromatic carbocycles.